The molecule has 0 N–H and O–H groups in total. The fourth-order valence-corrected chi connectivity index (χ4v) is 13.4. The molecule has 12 aromatic carbocycles. The van der Waals surface area contributed by atoms with Crippen molar-refractivity contribution in [1.82, 2.24) is 0 Å². The molecule has 2 aromatic heterocycles. The lowest BCUT2D eigenvalue weighted by Gasteiger charge is -2.35. The molecule has 15 rings (SSSR count). The fraction of sp³-hybridized carbons (Fsp3) is 0.0145. The average Bonchev–Trinajstić information content (AvgIpc) is 4.12. The molecular formula is C69H44N2OS. The van der Waals surface area contributed by atoms with Crippen LogP contribution in [0.3, 0.4) is 0 Å². The zero-order chi connectivity index (χ0) is 48.0. The molecule has 0 saturated heterocycles. The average molecular weight is 949 g/mol. The molecule has 342 valence electrons. The van der Waals surface area contributed by atoms with Crippen molar-refractivity contribution in [2.75, 3.05) is 9.80 Å². The lowest BCUT2D eigenvalue weighted by molar-refractivity contribution is 0.669. The number of fused-ring (bicyclic) bond motifs is 12. The summed E-state index contributed by atoms with van der Waals surface area (Å²) < 4.78 is 10.1. The zero-order valence-electron chi connectivity index (χ0n) is 39.6. The molecule has 73 heavy (non-hydrogen) atoms. The Morgan fingerprint density at radius 3 is 1.52 bits per heavy atom. The zero-order valence-corrected chi connectivity index (χ0v) is 40.4. The van der Waals surface area contributed by atoms with Gasteiger partial charge >= 0.3 is 0 Å². The molecule has 14 aromatic rings. The highest BCUT2D eigenvalue weighted by Gasteiger charge is 2.50. The molecule has 0 radical (unpaired) electrons. The lowest BCUT2D eigenvalue weighted by Crippen LogP contribution is -2.28. The van der Waals surface area contributed by atoms with Crippen LogP contribution in [0.2, 0.25) is 0 Å². The third-order valence-corrected chi connectivity index (χ3v) is 16.4. The first-order valence-electron chi connectivity index (χ1n) is 25.0. The number of benzene rings is 12. The fourth-order valence-electron chi connectivity index (χ4n) is 12.1. The van der Waals surface area contributed by atoms with Crippen molar-refractivity contribution >= 4 is 109 Å². The molecule has 0 spiro atoms. The van der Waals surface area contributed by atoms with E-state index >= 15 is 0 Å². The molecule has 4 heteroatoms. The molecule has 2 heterocycles. The van der Waals surface area contributed by atoms with E-state index in [4.69, 9.17) is 4.42 Å². The van der Waals surface area contributed by atoms with Gasteiger partial charge in [0, 0.05) is 64.9 Å². The van der Waals surface area contributed by atoms with Gasteiger partial charge in [-0.25, -0.2) is 0 Å². The second kappa shape index (κ2) is 16.4. The Labute approximate surface area is 426 Å². The van der Waals surface area contributed by atoms with Crippen LogP contribution in [0.5, 0.6) is 0 Å². The molecule has 0 aliphatic heterocycles. The van der Waals surface area contributed by atoms with Crippen molar-refractivity contribution in [3.63, 3.8) is 0 Å². The van der Waals surface area contributed by atoms with Crippen LogP contribution in [0.15, 0.2) is 271 Å². The Morgan fingerprint density at radius 2 is 0.877 bits per heavy atom. The monoisotopic (exact) mass is 948 g/mol. The molecule has 0 saturated carbocycles. The molecule has 1 aliphatic rings. The summed E-state index contributed by atoms with van der Waals surface area (Å²) in [7, 11) is 0. The van der Waals surface area contributed by atoms with Gasteiger partial charge in [-0.2, -0.15) is 0 Å². The van der Waals surface area contributed by atoms with Crippen molar-refractivity contribution in [3.05, 3.63) is 289 Å². The normalized spacial score (nSPS) is 12.8. The number of thiophene rings is 1. The number of para-hydroxylation sites is 2. The van der Waals surface area contributed by atoms with Gasteiger partial charge in [0.15, 0.2) is 5.58 Å². The maximum Gasteiger partial charge on any atom is 0.160 e. The highest BCUT2D eigenvalue weighted by molar-refractivity contribution is 7.26. The van der Waals surface area contributed by atoms with Gasteiger partial charge in [-0.05, 0) is 128 Å². The van der Waals surface area contributed by atoms with Gasteiger partial charge in [0.05, 0.1) is 11.1 Å². The van der Waals surface area contributed by atoms with Gasteiger partial charge in [0.25, 0.3) is 0 Å². The predicted molar refractivity (Wildman–Crippen MR) is 308 cm³/mol. The minimum Gasteiger partial charge on any atom is -0.454 e. The van der Waals surface area contributed by atoms with Crippen LogP contribution in [-0.2, 0) is 5.41 Å². The Hall–Kier alpha value is -9.22. The van der Waals surface area contributed by atoms with Crippen molar-refractivity contribution in [2.24, 2.45) is 0 Å². The molecule has 0 fully saturated rings. The van der Waals surface area contributed by atoms with Gasteiger partial charge in [0.2, 0.25) is 0 Å². The summed E-state index contributed by atoms with van der Waals surface area (Å²) in [5, 5.41) is 9.41. The Bertz CT molecular complexity index is 4410. The Morgan fingerprint density at radius 1 is 0.356 bits per heavy atom. The first kappa shape index (κ1) is 41.6. The standard InChI is InChI=1S/C69H44N2OS/c1-5-23-49(24-6-1)69(50-25-7-2-8-26-50)61-44-60-59-43-55(70(51-27-9-3-10-28-51)53-35-33-45-19-13-15-21-47(45)41-53)37-40-62(59)72-67(60)66(64(61)58-39-38-57-56-31-17-18-32-63(56)73-68(57)65(58)69)71(52-29-11-4-12-30-52)54-36-34-46-20-14-16-22-48(46)42-54/h1-44H. The van der Waals surface area contributed by atoms with Crippen LogP contribution < -0.4 is 9.80 Å². The van der Waals surface area contributed by atoms with Crippen LogP contribution in [0, 0.1) is 0 Å². The SMILES string of the molecule is c1ccc(N(c2ccc3ccccc3c2)c2ccc3oc4c(N(c5ccccc5)c5ccc6ccccc6c5)c5c(cc4c3c2)C(c2ccccc2)(c2ccccc2)c2c-5ccc3c2sc2ccccc23)cc1. The van der Waals surface area contributed by atoms with Crippen LogP contribution in [-0.4, -0.2) is 0 Å². The molecule has 1 aliphatic carbocycles. The third kappa shape index (κ3) is 6.31. The van der Waals surface area contributed by atoms with E-state index in [0.29, 0.717) is 0 Å². The maximum absolute atomic E-state index is 7.50. The first-order chi connectivity index (χ1) is 36.2. The van der Waals surface area contributed by atoms with Gasteiger partial charge in [0.1, 0.15) is 5.58 Å². The maximum atomic E-state index is 7.50. The number of furan rings is 1. The van der Waals surface area contributed by atoms with Crippen molar-refractivity contribution in [2.45, 2.75) is 5.41 Å². The van der Waals surface area contributed by atoms with Gasteiger partial charge < -0.3 is 14.2 Å². The largest absolute Gasteiger partial charge is 0.454 e. The number of hydrogen-bond acceptors (Lipinski definition) is 4. The van der Waals surface area contributed by atoms with Crippen LogP contribution in [0.4, 0.5) is 34.1 Å². The van der Waals surface area contributed by atoms with Crippen LogP contribution in [0.1, 0.15) is 22.3 Å². The van der Waals surface area contributed by atoms with E-state index in [-0.39, 0.29) is 0 Å². The van der Waals surface area contributed by atoms with Gasteiger partial charge in [-0.1, -0.05) is 188 Å². The Balaban J connectivity index is 1.12. The third-order valence-electron chi connectivity index (χ3n) is 15.2. The van der Waals surface area contributed by atoms with E-state index in [9.17, 15) is 0 Å². The molecule has 0 unspecified atom stereocenters. The van der Waals surface area contributed by atoms with Gasteiger partial charge in [-0.15, -0.1) is 11.3 Å². The smallest absolute Gasteiger partial charge is 0.160 e. The minimum atomic E-state index is -0.732. The number of anilines is 6. The quantitative estimate of drug-likeness (QED) is 0.151. The van der Waals surface area contributed by atoms with Crippen molar-refractivity contribution in [3.8, 4) is 11.1 Å². The van der Waals surface area contributed by atoms with E-state index in [0.717, 1.165) is 61.6 Å². The summed E-state index contributed by atoms with van der Waals surface area (Å²) in [6.45, 7) is 0. The first-order valence-corrected chi connectivity index (χ1v) is 25.8. The second-order valence-corrected chi connectivity index (χ2v) is 20.2. The van der Waals surface area contributed by atoms with E-state index in [1.807, 2.05) is 11.3 Å². The van der Waals surface area contributed by atoms with Crippen molar-refractivity contribution < 1.29 is 4.42 Å². The van der Waals surface area contributed by atoms with Crippen molar-refractivity contribution in [1.29, 1.82) is 0 Å². The summed E-state index contributed by atoms with van der Waals surface area (Å²) in [5.74, 6) is 0. The van der Waals surface area contributed by atoms with Gasteiger partial charge in [-0.3, -0.25) is 0 Å². The topological polar surface area (TPSA) is 19.6 Å². The van der Waals surface area contributed by atoms with E-state index < -0.39 is 5.41 Å². The molecule has 0 bridgehead atoms. The van der Waals surface area contributed by atoms with Crippen LogP contribution >= 0.6 is 11.3 Å². The van der Waals surface area contributed by atoms with E-state index in [1.165, 1.54) is 69.5 Å². The summed E-state index contributed by atoms with van der Waals surface area (Å²) in [5.41, 5.74) is 14.5. The molecule has 0 amide bonds. The number of rotatable bonds is 8. The lowest BCUT2D eigenvalue weighted by atomic mass is 9.67. The summed E-state index contributed by atoms with van der Waals surface area (Å²) in [4.78, 5) is 4.84. The number of hydrogen-bond donors (Lipinski definition) is 0. The minimum absolute atomic E-state index is 0.732. The predicted octanol–water partition coefficient (Wildman–Crippen LogP) is 19.6. The summed E-state index contributed by atoms with van der Waals surface area (Å²) in [6, 6.07) is 97.8. The molecular weight excluding hydrogens is 905 g/mol. The van der Waals surface area contributed by atoms with E-state index in [1.54, 1.807) is 0 Å². The second-order valence-electron chi connectivity index (χ2n) is 19.2. The Kier molecular flexibility index (Phi) is 9.35. The highest BCUT2D eigenvalue weighted by Crippen LogP contribution is 2.64. The summed E-state index contributed by atoms with van der Waals surface area (Å²) >= 11 is 1.91. The van der Waals surface area contributed by atoms with E-state index in [2.05, 4.69) is 277 Å². The van der Waals surface area contributed by atoms with Crippen LogP contribution in [0.25, 0.3) is 74.8 Å². The molecule has 3 nitrogen and oxygen atoms in total. The number of nitrogens with zero attached hydrogens (tertiary/aromatic N) is 2. The highest BCUT2D eigenvalue weighted by atomic mass is 32.1. The summed E-state index contributed by atoms with van der Waals surface area (Å²) in [6.07, 6.45) is 0. The molecule has 0 atom stereocenters.